The van der Waals surface area contributed by atoms with E-state index in [1.807, 2.05) is 20.8 Å². The minimum atomic E-state index is 0.0266. The minimum absolute atomic E-state index is 0.0266. The molecular weight excluding hydrogens is 152 g/mol. The molecule has 1 fully saturated rings. The van der Waals surface area contributed by atoms with Crippen LogP contribution in [0.15, 0.2) is 11.1 Å². The summed E-state index contributed by atoms with van der Waals surface area (Å²) in [6.45, 7) is 5.58. The Morgan fingerprint density at radius 1 is 1.17 bits per heavy atom. The first-order valence-electron chi connectivity index (χ1n) is 4.26. The predicted octanol–water partition coefficient (Wildman–Crippen LogP) is 1.89. The molecule has 0 aromatic carbocycles. The highest BCUT2D eigenvalue weighted by Crippen LogP contribution is 2.23. The molecule has 1 saturated carbocycles. The number of allylic oxidation sites excluding steroid dienone is 2. The van der Waals surface area contributed by atoms with Gasteiger partial charge in [0.2, 0.25) is 0 Å². The number of hydrogen-bond donors (Lipinski definition) is 0. The molecule has 1 aliphatic carbocycles. The van der Waals surface area contributed by atoms with E-state index in [9.17, 15) is 9.59 Å². The number of hydrogen-bond acceptors (Lipinski definition) is 2. The fourth-order valence-corrected chi connectivity index (χ4v) is 1.62. The van der Waals surface area contributed by atoms with Crippen LogP contribution in [0.3, 0.4) is 0 Å². The maximum atomic E-state index is 11.4. The first kappa shape index (κ1) is 9.17. The first-order chi connectivity index (χ1) is 5.52. The summed E-state index contributed by atoms with van der Waals surface area (Å²) < 4.78 is 0. The lowest BCUT2D eigenvalue weighted by molar-refractivity contribution is -0.125. The Labute approximate surface area is 72.7 Å². The van der Waals surface area contributed by atoms with Crippen LogP contribution in [0.5, 0.6) is 0 Å². The minimum Gasteiger partial charge on any atom is -0.294 e. The summed E-state index contributed by atoms with van der Waals surface area (Å²) in [4.78, 5) is 22.8. The molecule has 0 aromatic rings. The zero-order valence-corrected chi connectivity index (χ0v) is 7.81. The van der Waals surface area contributed by atoms with E-state index in [1.54, 1.807) is 0 Å². The average Bonchev–Trinajstić information content (AvgIpc) is 1.82. The van der Waals surface area contributed by atoms with Crippen molar-refractivity contribution in [2.75, 3.05) is 0 Å². The molecule has 12 heavy (non-hydrogen) atoms. The molecule has 0 heterocycles. The van der Waals surface area contributed by atoms with Crippen LogP contribution in [0, 0.1) is 5.92 Å². The topological polar surface area (TPSA) is 34.1 Å². The molecule has 0 unspecified atom stereocenters. The van der Waals surface area contributed by atoms with Crippen LogP contribution in [-0.4, -0.2) is 11.6 Å². The molecule has 0 saturated heterocycles. The van der Waals surface area contributed by atoms with E-state index in [1.165, 1.54) is 0 Å². The van der Waals surface area contributed by atoms with Gasteiger partial charge in [-0.1, -0.05) is 12.5 Å². The molecule has 0 atom stereocenters. The van der Waals surface area contributed by atoms with Gasteiger partial charge in [0, 0.05) is 12.8 Å². The van der Waals surface area contributed by atoms with Crippen molar-refractivity contribution in [2.45, 2.75) is 33.6 Å². The van der Waals surface area contributed by atoms with Gasteiger partial charge in [0.1, 0.15) is 0 Å². The second-order valence-electron chi connectivity index (χ2n) is 3.73. The van der Waals surface area contributed by atoms with Crippen LogP contribution in [0.4, 0.5) is 0 Å². The van der Waals surface area contributed by atoms with Gasteiger partial charge in [0.25, 0.3) is 0 Å². The van der Waals surface area contributed by atoms with Crippen LogP contribution < -0.4 is 0 Å². The van der Waals surface area contributed by atoms with Gasteiger partial charge in [-0.3, -0.25) is 9.59 Å². The molecule has 0 N–H and O–H groups in total. The Bertz CT molecular complexity index is 237. The predicted molar refractivity (Wildman–Crippen MR) is 46.8 cm³/mol. The van der Waals surface area contributed by atoms with E-state index in [-0.39, 0.29) is 17.5 Å². The number of carbonyl (C=O) groups excluding carboxylic acids is 2. The third-order valence-corrected chi connectivity index (χ3v) is 2.13. The molecule has 66 valence electrons. The number of carbonyl (C=O) groups is 2. The van der Waals surface area contributed by atoms with Gasteiger partial charge < -0.3 is 0 Å². The van der Waals surface area contributed by atoms with Gasteiger partial charge in [-0.2, -0.15) is 0 Å². The third kappa shape index (κ3) is 1.63. The largest absolute Gasteiger partial charge is 0.294 e. The fraction of sp³-hybridized carbons (Fsp3) is 0.600. The molecule has 0 aromatic heterocycles. The lowest BCUT2D eigenvalue weighted by atomic mass is 9.83. The summed E-state index contributed by atoms with van der Waals surface area (Å²) in [7, 11) is 0. The summed E-state index contributed by atoms with van der Waals surface area (Å²) in [5, 5.41) is 0. The van der Waals surface area contributed by atoms with Crippen LogP contribution in [0.2, 0.25) is 0 Å². The van der Waals surface area contributed by atoms with Crippen molar-refractivity contribution in [1.82, 2.24) is 0 Å². The van der Waals surface area contributed by atoms with E-state index in [0.717, 1.165) is 5.57 Å². The monoisotopic (exact) mass is 166 g/mol. The maximum Gasteiger partial charge on any atom is 0.166 e. The van der Waals surface area contributed by atoms with Gasteiger partial charge >= 0.3 is 0 Å². The van der Waals surface area contributed by atoms with Gasteiger partial charge in [0.15, 0.2) is 11.6 Å². The number of ketones is 2. The fourth-order valence-electron chi connectivity index (χ4n) is 1.62. The van der Waals surface area contributed by atoms with E-state index < -0.39 is 0 Å². The second kappa shape index (κ2) is 3.21. The van der Waals surface area contributed by atoms with E-state index in [4.69, 9.17) is 0 Å². The number of rotatable bonds is 0. The lowest BCUT2D eigenvalue weighted by Crippen LogP contribution is -2.25. The zero-order valence-electron chi connectivity index (χ0n) is 7.81. The maximum absolute atomic E-state index is 11.4. The van der Waals surface area contributed by atoms with Crippen LogP contribution in [-0.2, 0) is 9.59 Å². The van der Waals surface area contributed by atoms with Crippen molar-refractivity contribution < 1.29 is 9.59 Å². The molecular formula is C10H14O2. The van der Waals surface area contributed by atoms with Gasteiger partial charge in [-0.05, 0) is 19.8 Å². The van der Waals surface area contributed by atoms with Crippen LogP contribution in [0.1, 0.15) is 33.6 Å². The lowest BCUT2D eigenvalue weighted by Gasteiger charge is -2.18. The Morgan fingerprint density at radius 3 is 1.92 bits per heavy atom. The zero-order chi connectivity index (χ0) is 9.30. The smallest absolute Gasteiger partial charge is 0.166 e. The summed E-state index contributed by atoms with van der Waals surface area (Å²) in [6.07, 6.45) is 1.07. The van der Waals surface area contributed by atoms with Crippen LogP contribution in [0.25, 0.3) is 0 Å². The summed E-state index contributed by atoms with van der Waals surface area (Å²) in [6, 6.07) is 0. The van der Waals surface area contributed by atoms with Crippen molar-refractivity contribution >= 4 is 11.6 Å². The first-order valence-corrected chi connectivity index (χ1v) is 4.26. The molecule has 0 spiro atoms. The Kier molecular flexibility index (Phi) is 2.46. The molecule has 0 amide bonds. The molecule has 2 nitrogen and oxygen atoms in total. The highest BCUT2D eigenvalue weighted by atomic mass is 16.1. The highest BCUT2D eigenvalue weighted by Gasteiger charge is 2.28. The van der Waals surface area contributed by atoms with Gasteiger partial charge in [-0.15, -0.1) is 0 Å². The standard InChI is InChI=1S/C10H14O2/c1-6(2)10-8(11)4-7(3)5-9(10)12/h7H,4-5H2,1-3H3. The van der Waals surface area contributed by atoms with E-state index in [0.29, 0.717) is 18.4 Å². The molecule has 0 aliphatic heterocycles. The van der Waals surface area contributed by atoms with E-state index >= 15 is 0 Å². The normalized spacial score (nSPS) is 24.6. The second-order valence-corrected chi connectivity index (χ2v) is 3.73. The van der Waals surface area contributed by atoms with Crippen molar-refractivity contribution in [3.63, 3.8) is 0 Å². The SMILES string of the molecule is CC(C)=C1C(=O)CC(C)CC1=O. The molecule has 1 aliphatic rings. The van der Waals surface area contributed by atoms with Gasteiger partial charge in [0.05, 0.1) is 5.57 Å². The quantitative estimate of drug-likeness (QED) is 0.407. The Balaban J connectivity index is 2.97. The van der Waals surface area contributed by atoms with Crippen molar-refractivity contribution in [1.29, 1.82) is 0 Å². The van der Waals surface area contributed by atoms with Crippen molar-refractivity contribution in [2.24, 2.45) is 5.92 Å². The molecule has 0 radical (unpaired) electrons. The van der Waals surface area contributed by atoms with Gasteiger partial charge in [-0.25, -0.2) is 0 Å². The van der Waals surface area contributed by atoms with E-state index in [2.05, 4.69) is 0 Å². The van der Waals surface area contributed by atoms with Crippen LogP contribution >= 0.6 is 0 Å². The Morgan fingerprint density at radius 2 is 1.58 bits per heavy atom. The molecule has 0 bridgehead atoms. The van der Waals surface area contributed by atoms with Crippen molar-refractivity contribution in [3.05, 3.63) is 11.1 Å². The third-order valence-electron chi connectivity index (χ3n) is 2.13. The Hall–Kier alpha value is -0.920. The molecule has 1 rings (SSSR count). The number of Topliss-reactive ketones (excluding diaryl/α,β-unsaturated/α-hetero) is 2. The summed E-state index contributed by atoms with van der Waals surface area (Å²) in [5.74, 6) is 0.283. The highest BCUT2D eigenvalue weighted by molar-refractivity contribution is 6.22. The average molecular weight is 166 g/mol. The summed E-state index contributed by atoms with van der Waals surface area (Å²) >= 11 is 0. The molecule has 2 heteroatoms. The summed E-state index contributed by atoms with van der Waals surface area (Å²) in [5.41, 5.74) is 1.31. The van der Waals surface area contributed by atoms with Crippen molar-refractivity contribution in [3.8, 4) is 0 Å².